The van der Waals surface area contributed by atoms with Gasteiger partial charge in [0.05, 0.1) is 0 Å². The first kappa shape index (κ1) is 14.5. The minimum atomic E-state index is 0. The van der Waals surface area contributed by atoms with Crippen molar-refractivity contribution in [3.8, 4) is 0 Å². The van der Waals surface area contributed by atoms with Gasteiger partial charge in [0, 0.05) is 38.4 Å². The number of hydrogen-bond acceptors (Lipinski definition) is 3. The van der Waals surface area contributed by atoms with Crippen LogP contribution in [0.3, 0.4) is 0 Å². The second-order valence-electron chi connectivity index (χ2n) is 4.86. The highest BCUT2D eigenvalue weighted by Gasteiger charge is 2.43. The van der Waals surface area contributed by atoms with E-state index in [1.54, 1.807) is 0 Å². The van der Waals surface area contributed by atoms with Gasteiger partial charge in [-0.25, -0.2) is 0 Å². The van der Waals surface area contributed by atoms with Crippen molar-refractivity contribution in [1.82, 2.24) is 10.2 Å². The zero-order valence-electron chi connectivity index (χ0n) is 9.56. The van der Waals surface area contributed by atoms with E-state index < -0.39 is 0 Å². The molecule has 0 bridgehead atoms. The Kier molecular flexibility index (Phi) is 5.82. The molecule has 0 saturated carbocycles. The van der Waals surface area contributed by atoms with E-state index in [0.29, 0.717) is 0 Å². The standard InChI is InChI=1S/C11H20N2O.2ClH/c1-4-12-7-11-9(1)8-13(11)10-2-5-14-6-3-10;;/h9-12H,1-8H2;2*1H/t9-,11-;;/m0../s1. The van der Waals surface area contributed by atoms with Crippen molar-refractivity contribution in [2.75, 3.05) is 32.8 Å². The summed E-state index contributed by atoms with van der Waals surface area (Å²) in [6.07, 6.45) is 3.90. The number of halogens is 2. The summed E-state index contributed by atoms with van der Waals surface area (Å²) in [5.74, 6) is 0.999. The molecule has 0 aliphatic carbocycles. The summed E-state index contributed by atoms with van der Waals surface area (Å²) < 4.78 is 5.41. The van der Waals surface area contributed by atoms with Crippen molar-refractivity contribution in [3.63, 3.8) is 0 Å². The monoisotopic (exact) mass is 268 g/mol. The van der Waals surface area contributed by atoms with Crippen LogP contribution in [0, 0.1) is 5.92 Å². The lowest BCUT2D eigenvalue weighted by molar-refractivity contribution is -0.0714. The van der Waals surface area contributed by atoms with E-state index in [4.69, 9.17) is 4.74 Å². The molecule has 2 atom stereocenters. The fraction of sp³-hybridized carbons (Fsp3) is 1.00. The molecule has 5 heteroatoms. The van der Waals surface area contributed by atoms with Crippen molar-refractivity contribution in [1.29, 1.82) is 0 Å². The molecule has 0 radical (unpaired) electrons. The Morgan fingerprint density at radius 1 is 1.06 bits per heavy atom. The number of piperidine rings is 1. The van der Waals surface area contributed by atoms with Crippen LogP contribution in [0.4, 0.5) is 0 Å². The molecule has 3 rings (SSSR count). The minimum absolute atomic E-state index is 0. The van der Waals surface area contributed by atoms with Crippen LogP contribution in [0.2, 0.25) is 0 Å². The van der Waals surface area contributed by atoms with E-state index in [1.807, 2.05) is 0 Å². The number of ether oxygens (including phenoxy) is 1. The molecule has 3 saturated heterocycles. The zero-order chi connectivity index (χ0) is 9.38. The summed E-state index contributed by atoms with van der Waals surface area (Å²) in [5, 5.41) is 3.51. The van der Waals surface area contributed by atoms with Crippen LogP contribution >= 0.6 is 24.8 Å². The lowest BCUT2D eigenvalue weighted by atomic mass is 9.81. The number of nitrogens with one attached hydrogen (secondary N) is 1. The maximum atomic E-state index is 5.41. The quantitative estimate of drug-likeness (QED) is 0.776. The topological polar surface area (TPSA) is 24.5 Å². The number of fused-ring (bicyclic) bond motifs is 1. The van der Waals surface area contributed by atoms with Crippen molar-refractivity contribution in [2.45, 2.75) is 31.3 Å². The molecule has 16 heavy (non-hydrogen) atoms. The smallest absolute Gasteiger partial charge is 0.0480 e. The molecular formula is C11H22Cl2N2O. The molecule has 1 N–H and O–H groups in total. The highest BCUT2D eigenvalue weighted by atomic mass is 35.5. The SMILES string of the molecule is C1C[C@H]2CN(C3CCOCC3)[C@H]2CN1.Cl.Cl. The molecule has 0 amide bonds. The van der Waals surface area contributed by atoms with Crippen LogP contribution in [0.5, 0.6) is 0 Å². The van der Waals surface area contributed by atoms with Crippen molar-refractivity contribution in [2.24, 2.45) is 5.92 Å². The molecule has 0 spiro atoms. The average Bonchev–Trinajstić information content (AvgIpc) is 2.22. The predicted molar refractivity (Wildman–Crippen MR) is 69.8 cm³/mol. The average molecular weight is 269 g/mol. The van der Waals surface area contributed by atoms with Crippen LogP contribution in [0.1, 0.15) is 19.3 Å². The molecular weight excluding hydrogens is 247 g/mol. The molecule has 3 fully saturated rings. The second kappa shape index (κ2) is 6.41. The number of hydrogen-bond donors (Lipinski definition) is 1. The van der Waals surface area contributed by atoms with Crippen LogP contribution in [0.15, 0.2) is 0 Å². The predicted octanol–water partition coefficient (Wildman–Crippen LogP) is 1.30. The van der Waals surface area contributed by atoms with E-state index in [0.717, 1.165) is 31.2 Å². The third-order valence-electron chi connectivity index (χ3n) is 4.12. The van der Waals surface area contributed by atoms with Gasteiger partial charge in [0.2, 0.25) is 0 Å². The van der Waals surface area contributed by atoms with Crippen LogP contribution in [-0.4, -0.2) is 49.8 Å². The molecule has 0 aromatic carbocycles. The Morgan fingerprint density at radius 2 is 1.81 bits per heavy atom. The lowest BCUT2D eigenvalue weighted by Crippen LogP contribution is -2.66. The maximum absolute atomic E-state index is 5.41. The molecule has 3 nitrogen and oxygen atoms in total. The van der Waals surface area contributed by atoms with E-state index in [1.165, 1.54) is 38.9 Å². The van der Waals surface area contributed by atoms with Crippen LogP contribution in [0.25, 0.3) is 0 Å². The van der Waals surface area contributed by atoms with Gasteiger partial charge in [-0.15, -0.1) is 24.8 Å². The fourth-order valence-corrected chi connectivity index (χ4v) is 3.20. The van der Waals surface area contributed by atoms with Gasteiger partial charge >= 0.3 is 0 Å². The van der Waals surface area contributed by atoms with Gasteiger partial charge in [-0.05, 0) is 31.7 Å². The van der Waals surface area contributed by atoms with Gasteiger partial charge in [0.25, 0.3) is 0 Å². The molecule has 0 aromatic heterocycles. The Morgan fingerprint density at radius 3 is 2.50 bits per heavy atom. The van der Waals surface area contributed by atoms with Crippen molar-refractivity contribution in [3.05, 3.63) is 0 Å². The van der Waals surface area contributed by atoms with Crippen LogP contribution in [-0.2, 0) is 4.74 Å². The van der Waals surface area contributed by atoms with Gasteiger partial charge < -0.3 is 10.1 Å². The Labute approximate surface area is 110 Å². The summed E-state index contributed by atoms with van der Waals surface area (Å²) in [6, 6.07) is 1.68. The van der Waals surface area contributed by atoms with E-state index >= 15 is 0 Å². The molecule has 96 valence electrons. The normalized spacial score (nSPS) is 35.2. The highest BCUT2D eigenvalue weighted by Crippen LogP contribution is 2.33. The zero-order valence-corrected chi connectivity index (χ0v) is 11.2. The Bertz CT molecular complexity index is 205. The Balaban J connectivity index is 0.000000640. The molecule has 3 aliphatic rings. The van der Waals surface area contributed by atoms with E-state index in [-0.39, 0.29) is 24.8 Å². The molecule has 0 aromatic rings. The lowest BCUT2D eigenvalue weighted by Gasteiger charge is -2.55. The Hall–Kier alpha value is 0.460. The minimum Gasteiger partial charge on any atom is -0.381 e. The number of likely N-dealkylation sites (tertiary alicyclic amines) is 1. The number of rotatable bonds is 1. The summed E-state index contributed by atoms with van der Waals surface area (Å²) in [6.45, 7) is 5.78. The third-order valence-corrected chi connectivity index (χ3v) is 4.12. The van der Waals surface area contributed by atoms with Gasteiger partial charge in [-0.3, -0.25) is 4.90 Å². The first-order valence-electron chi connectivity index (χ1n) is 5.99. The van der Waals surface area contributed by atoms with Gasteiger partial charge in [-0.1, -0.05) is 0 Å². The summed E-state index contributed by atoms with van der Waals surface area (Å²) >= 11 is 0. The first-order chi connectivity index (χ1) is 6.95. The first-order valence-corrected chi connectivity index (χ1v) is 5.99. The van der Waals surface area contributed by atoms with Crippen molar-refractivity contribution >= 4 is 24.8 Å². The van der Waals surface area contributed by atoms with E-state index in [9.17, 15) is 0 Å². The molecule has 3 heterocycles. The van der Waals surface area contributed by atoms with Gasteiger partial charge in [0.1, 0.15) is 0 Å². The third kappa shape index (κ3) is 2.65. The second-order valence-corrected chi connectivity index (χ2v) is 4.86. The summed E-state index contributed by atoms with van der Waals surface area (Å²) in [4.78, 5) is 2.72. The molecule has 0 unspecified atom stereocenters. The maximum Gasteiger partial charge on any atom is 0.0480 e. The largest absolute Gasteiger partial charge is 0.381 e. The van der Waals surface area contributed by atoms with Gasteiger partial charge in [0.15, 0.2) is 0 Å². The summed E-state index contributed by atoms with van der Waals surface area (Å²) in [5.41, 5.74) is 0. The highest BCUT2D eigenvalue weighted by molar-refractivity contribution is 5.85. The van der Waals surface area contributed by atoms with E-state index in [2.05, 4.69) is 10.2 Å². The van der Waals surface area contributed by atoms with Crippen LogP contribution < -0.4 is 5.32 Å². The molecule has 3 aliphatic heterocycles. The fourth-order valence-electron chi connectivity index (χ4n) is 3.20. The van der Waals surface area contributed by atoms with Crippen molar-refractivity contribution < 1.29 is 4.74 Å². The van der Waals surface area contributed by atoms with Gasteiger partial charge in [-0.2, -0.15) is 0 Å². The summed E-state index contributed by atoms with van der Waals surface area (Å²) in [7, 11) is 0. The number of nitrogens with zero attached hydrogens (tertiary/aromatic N) is 1.